The lowest BCUT2D eigenvalue weighted by Gasteiger charge is -2.20. The maximum Gasteiger partial charge on any atom is 0.354 e. The lowest BCUT2D eigenvalue weighted by Crippen LogP contribution is -2.31. The summed E-state index contributed by atoms with van der Waals surface area (Å²) < 4.78 is 9.17. The first-order chi connectivity index (χ1) is 7.51. The topological polar surface area (TPSA) is 64.6 Å². The molecule has 0 aromatic rings. The molecule has 5 heteroatoms. The number of esters is 2. The summed E-state index contributed by atoms with van der Waals surface area (Å²) >= 11 is 0. The van der Waals surface area contributed by atoms with Crippen molar-refractivity contribution < 1.29 is 19.1 Å². The highest BCUT2D eigenvalue weighted by Gasteiger charge is 2.25. The molecule has 0 amide bonds. The number of carbonyl (C=O) groups is 2. The number of methoxy groups -OCH3 is 2. The molecule has 0 fully saturated rings. The molecule has 1 N–H and O–H groups in total. The molecule has 0 saturated heterocycles. The number of dihydropyridines is 1. The van der Waals surface area contributed by atoms with Crippen molar-refractivity contribution in [2.24, 2.45) is 0 Å². The lowest BCUT2D eigenvalue weighted by molar-refractivity contribution is -0.137. The molecule has 0 bridgehead atoms. The van der Waals surface area contributed by atoms with Crippen molar-refractivity contribution >= 4 is 11.9 Å². The van der Waals surface area contributed by atoms with Crippen molar-refractivity contribution in [2.75, 3.05) is 14.2 Å². The van der Waals surface area contributed by atoms with Gasteiger partial charge in [0.1, 0.15) is 11.4 Å². The molecule has 1 heterocycles. The summed E-state index contributed by atoms with van der Waals surface area (Å²) in [6.07, 6.45) is 2.90. The van der Waals surface area contributed by atoms with Gasteiger partial charge in [0, 0.05) is 6.42 Å². The summed E-state index contributed by atoms with van der Waals surface area (Å²) in [5.41, 5.74) is 1.59. The van der Waals surface area contributed by atoms with Gasteiger partial charge in [-0.05, 0) is 25.0 Å². The Balaban J connectivity index is 2.99. The van der Waals surface area contributed by atoms with E-state index in [0.29, 0.717) is 11.1 Å². The van der Waals surface area contributed by atoms with Gasteiger partial charge in [0.2, 0.25) is 0 Å². The van der Waals surface area contributed by atoms with Crippen molar-refractivity contribution in [3.63, 3.8) is 0 Å². The van der Waals surface area contributed by atoms with Crippen molar-refractivity contribution in [1.29, 1.82) is 0 Å². The zero-order valence-electron chi connectivity index (χ0n) is 9.63. The van der Waals surface area contributed by atoms with Crippen LogP contribution in [0.25, 0.3) is 0 Å². The van der Waals surface area contributed by atoms with Crippen LogP contribution in [0.1, 0.15) is 13.8 Å². The van der Waals surface area contributed by atoms with Gasteiger partial charge in [-0.25, -0.2) is 9.59 Å². The van der Waals surface area contributed by atoms with Crippen LogP contribution in [0, 0.1) is 6.42 Å². The molecule has 0 aromatic carbocycles. The van der Waals surface area contributed by atoms with Crippen LogP contribution in [0.15, 0.2) is 22.5 Å². The molecule has 2 radical (unpaired) electrons. The molecule has 1 rings (SSSR count). The van der Waals surface area contributed by atoms with E-state index in [2.05, 4.69) is 21.2 Å². The van der Waals surface area contributed by atoms with E-state index in [-0.39, 0.29) is 11.4 Å². The van der Waals surface area contributed by atoms with Crippen LogP contribution in [0.5, 0.6) is 0 Å². The lowest BCUT2D eigenvalue weighted by atomic mass is 10.00. The predicted octanol–water partition coefficient (Wildman–Crippen LogP) is 0.565. The highest BCUT2D eigenvalue weighted by molar-refractivity contribution is 5.96. The standard InChI is InChI=1S/C11H13NO4/c1-6-5-7(2)9(11(14)16-4)12-8(6)10(13)15-3/h12H,1-4H3. The summed E-state index contributed by atoms with van der Waals surface area (Å²) in [5.74, 6) is -1.09. The van der Waals surface area contributed by atoms with E-state index in [4.69, 9.17) is 0 Å². The van der Waals surface area contributed by atoms with Crippen LogP contribution < -0.4 is 5.32 Å². The number of allylic oxidation sites excluding steroid dienone is 2. The van der Waals surface area contributed by atoms with Crippen LogP contribution in [-0.2, 0) is 19.1 Å². The van der Waals surface area contributed by atoms with Crippen LogP contribution >= 0.6 is 0 Å². The minimum Gasteiger partial charge on any atom is -0.464 e. The molecule has 0 aliphatic carbocycles. The molecule has 5 nitrogen and oxygen atoms in total. The minimum atomic E-state index is -0.543. The molecule has 0 saturated carbocycles. The first-order valence-electron chi connectivity index (χ1n) is 4.63. The van der Waals surface area contributed by atoms with Crippen LogP contribution in [-0.4, -0.2) is 26.2 Å². The van der Waals surface area contributed by atoms with Gasteiger partial charge < -0.3 is 14.8 Å². The second-order valence-corrected chi connectivity index (χ2v) is 3.23. The van der Waals surface area contributed by atoms with Crippen molar-refractivity contribution in [1.82, 2.24) is 5.32 Å². The largest absolute Gasteiger partial charge is 0.464 e. The SMILES string of the molecule is COC(=O)C1=C(C)[C]C(C)=C(C(=O)OC)N1. The molecule has 1 aliphatic heterocycles. The summed E-state index contributed by atoms with van der Waals surface area (Å²) in [6, 6.07) is 0. The Hall–Kier alpha value is -1.78. The number of hydrogen-bond donors (Lipinski definition) is 1. The third kappa shape index (κ3) is 2.24. The van der Waals surface area contributed by atoms with Gasteiger partial charge >= 0.3 is 11.9 Å². The Kier molecular flexibility index (Phi) is 3.71. The molecule has 16 heavy (non-hydrogen) atoms. The number of ether oxygens (including phenoxy) is 2. The average molecular weight is 223 g/mol. The molecular formula is C11H13NO4. The fourth-order valence-electron chi connectivity index (χ4n) is 1.33. The van der Waals surface area contributed by atoms with Crippen molar-refractivity contribution in [3.8, 4) is 0 Å². The Morgan fingerprint density at radius 3 is 1.69 bits per heavy atom. The maximum absolute atomic E-state index is 11.4. The van der Waals surface area contributed by atoms with Crippen molar-refractivity contribution in [2.45, 2.75) is 13.8 Å². The fraction of sp³-hybridized carbons (Fsp3) is 0.364. The summed E-state index contributed by atoms with van der Waals surface area (Å²) in [5, 5.41) is 2.70. The summed E-state index contributed by atoms with van der Waals surface area (Å²) in [7, 11) is 2.54. The zero-order valence-corrected chi connectivity index (χ0v) is 9.63. The maximum atomic E-state index is 11.4. The normalized spacial score (nSPS) is 15.8. The van der Waals surface area contributed by atoms with Crippen LogP contribution in [0.3, 0.4) is 0 Å². The second kappa shape index (κ2) is 4.83. The smallest absolute Gasteiger partial charge is 0.354 e. The van der Waals surface area contributed by atoms with Crippen molar-refractivity contribution in [3.05, 3.63) is 29.0 Å². The highest BCUT2D eigenvalue weighted by Crippen LogP contribution is 2.22. The average Bonchev–Trinajstić information content (AvgIpc) is 2.27. The Morgan fingerprint density at radius 2 is 1.38 bits per heavy atom. The summed E-state index contributed by atoms with van der Waals surface area (Å²) in [4.78, 5) is 22.8. The third-order valence-corrected chi connectivity index (χ3v) is 2.15. The number of nitrogens with one attached hydrogen (secondary N) is 1. The van der Waals surface area contributed by atoms with Gasteiger partial charge in [-0.3, -0.25) is 0 Å². The van der Waals surface area contributed by atoms with E-state index in [1.807, 2.05) is 0 Å². The fourth-order valence-corrected chi connectivity index (χ4v) is 1.33. The number of rotatable bonds is 2. The first-order valence-corrected chi connectivity index (χ1v) is 4.63. The van der Waals surface area contributed by atoms with Gasteiger partial charge in [-0.2, -0.15) is 0 Å². The van der Waals surface area contributed by atoms with Gasteiger partial charge in [0.25, 0.3) is 0 Å². The second-order valence-electron chi connectivity index (χ2n) is 3.23. The summed E-state index contributed by atoms with van der Waals surface area (Å²) in [6.45, 7) is 3.41. The quantitative estimate of drug-likeness (QED) is 0.693. The molecular weight excluding hydrogens is 210 g/mol. The van der Waals surface area contributed by atoms with E-state index >= 15 is 0 Å². The highest BCUT2D eigenvalue weighted by atomic mass is 16.5. The molecule has 0 aromatic heterocycles. The van der Waals surface area contributed by atoms with Crippen LogP contribution in [0.2, 0.25) is 0 Å². The number of carbonyl (C=O) groups excluding carboxylic acids is 2. The molecule has 86 valence electrons. The minimum absolute atomic E-state index is 0.202. The van der Waals surface area contributed by atoms with E-state index in [0.717, 1.165) is 0 Å². The monoisotopic (exact) mass is 223 g/mol. The Morgan fingerprint density at radius 1 is 1.00 bits per heavy atom. The van der Waals surface area contributed by atoms with Gasteiger partial charge in [-0.15, -0.1) is 0 Å². The van der Waals surface area contributed by atoms with Gasteiger partial charge in [0.05, 0.1) is 14.2 Å². The Bertz CT molecular complexity index is 357. The van der Waals surface area contributed by atoms with E-state index < -0.39 is 11.9 Å². The Labute approximate surface area is 94.1 Å². The van der Waals surface area contributed by atoms with E-state index in [1.54, 1.807) is 13.8 Å². The molecule has 0 unspecified atom stereocenters. The van der Waals surface area contributed by atoms with E-state index in [1.165, 1.54) is 14.2 Å². The molecule has 0 spiro atoms. The van der Waals surface area contributed by atoms with Gasteiger partial charge in [0.15, 0.2) is 0 Å². The third-order valence-electron chi connectivity index (χ3n) is 2.15. The molecule has 1 aliphatic rings. The zero-order chi connectivity index (χ0) is 12.3. The van der Waals surface area contributed by atoms with Gasteiger partial charge in [-0.1, -0.05) is 0 Å². The number of hydrogen-bond acceptors (Lipinski definition) is 5. The van der Waals surface area contributed by atoms with E-state index in [9.17, 15) is 9.59 Å². The molecule has 0 atom stereocenters. The predicted molar refractivity (Wildman–Crippen MR) is 55.8 cm³/mol. The van der Waals surface area contributed by atoms with Crippen LogP contribution in [0.4, 0.5) is 0 Å². The first kappa shape index (κ1) is 12.3.